The predicted octanol–water partition coefficient (Wildman–Crippen LogP) is 3.79. The molecule has 0 bridgehead atoms. The maximum absolute atomic E-state index is 11.5. The number of anilines is 1. The first-order valence-corrected chi connectivity index (χ1v) is 11.1. The Labute approximate surface area is 188 Å². The summed E-state index contributed by atoms with van der Waals surface area (Å²) in [6.07, 6.45) is 0.919. The summed E-state index contributed by atoms with van der Waals surface area (Å²) in [6, 6.07) is 14.9. The van der Waals surface area contributed by atoms with Gasteiger partial charge in [-0.25, -0.2) is 4.79 Å². The Morgan fingerprint density at radius 3 is 2.50 bits per heavy atom. The van der Waals surface area contributed by atoms with Crippen molar-refractivity contribution in [3.63, 3.8) is 0 Å². The molecular weight excluding hydrogens is 408 g/mol. The molecule has 7 nitrogen and oxygen atoms in total. The highest BCUT2D eigenvalue weighted by Crippen LogP contribution is 2.32. The van der Waals surface area contributed by atoms with E-state index in [1.165, 1.54) is 6.07 Å². The van der Waals surface area contributed by atoms with Gasteiger partial charge >= 0.3 is 5.63 Å². The fraction of sp³-hybridized carbons (Fsp3) is 0.400. The highest BCUT2D eigenvalue weighted by Gasteiger charge is 2.19. The van der Waals surface area contributed by atoms with Crippen LogP contribution in [0.1, 0.15) is 13.3 Å². The summed E-state index contributed by atoms with van der Waals surface area (Å²) < 4.78 is 22.5. The molecule has 1 saturated heterocycles. The van der Waals surface area contributed by atoms with Gasteiger partial charge in [0.25, 0.3) is 0 Å². The minimum Gasteiger partial charge on any atom is -0.495 e. The number of hydrogen-bond donors (Lipinski definition) is 0. The van der Waals surface area contributed by atoms with Gasteiger partial charge in [0.15, 0.2) is 11.5 Å². The molecule has 0 aliphatic carbocycles. The molecule has 1 aliphatic rings. The number of benzene rings is 2. The van der Waals surface area contributed by atoms with E-state index in [9.17, 15) is 4.79 Å². The van der Waals surface area contributed by atoms with Crippen molar-refractivity contribution in [2.75, 3.05) is 57.9 Å². The maximum atomic E-state index is 11.5. The van der Waals surface area contributed by atoms with Crippen molar-refractivity contribution in [3.8, 4) is 17.2 Å². The van der Waals surface area contributed by atoms with Crippen LogP contribution in [0.2, 0.25) is 0 Å². The third-order valence-corrected chi connectivity index (χ3v) is 5.66. The largest absolute Gasteiger partial charge is 0.495 e. The average molecular weight is 439 g/mol. The molecule has 2 aromatic carbocycles. The summed E-state index contributed by atoms with van der Waals surface area (Å²) in [7, 11) is 1.72. The van der Waals surface area contributed by atoms with Crippen LogP contribution in [-0.2, 0) is 0 Å². The van der Waals surface area contributed by atoms with E-state index < -0.39 is 0 Å². The molecule has 3 aromatic rings. The molecule has 0 radical (unpaired) electrons. The van der Waals surface area contributed by atoms with Crippen LogP contribution in [0.25, 0.3) is 11.0 Å². The monoisotopic (exact) mass is 438 g/mol. The Balaban J connectivity index is 1.28. The number of para-hydroxylation sites is 2. The standard InChI is InChI=1S/C25H30N2O5/c1-3-30-24-18-22-19(9-10-25(28)32-22)17-23(24)31-16-6-11-26-12-14-27(15-13-26)20-7-4-5-8-21(20)29-2/h4-5,7-10,17-18H,3,6,11-16H2,1-2H3. The molecule has 7 heteroatoms. The van der Waals surface area contributed by atoms with Gasteiger partial charge in [-0.05, 0) is 37.6 Å². The minimum absolute atomic E-state index is 0.376. The van der Waals surface area contributed by atoms with E-state index in [-0.39, 0.29) is 5.63 Å². The van der Waals surface area contributed by atoms with Crippen molar-refractivity contribution < 1.29 is 18.6 Å². The first-order chi connectivity index (χ1) is 15.7. The zero-order valence-electron chi connectivity index (χ0n) is 18.7. The number of hydrogen-bond acceptors (Lipinski definition) is 7. The van der Waals surface area contributed by atoms with Crippen molar-refractivity contribution in [2.45, 2.75) is 13.3 Å². The van der Waals surface area contributed by atoms with Crippen LogP contribution in [0.3, 0.4) is 0 Å². The molecule has 2 heterocycles. The first kappa shape index (κ1) is 22.0. The van der Waals surface area contributed by atoms with Gasteiger partial charge in [-0.15, -0.1) is 0 Å². The molecular formula is C25H30N2O5. The normalized spacial score (nSPS) is 14.5. The van der Waals surface area contributed by atoms with Crippen LogP contribution >= 0.6 is 0 Å². The topological polar surface area (TPSA) is 64.4 Å². The Morgan fingerprint density at radius 1 is 0.938 bits per heavy atom. The van der Waals surface area contributed by atoms with Gasteiger partial charge in [0.1, 0.15) is 11.3 Å². The summed E-state index contributed by atoms with van der Waals surface area (Å²) in [5, 5.41) is 0.815. The highest BCUT2D eigenvalue weighted by molar-refractivity contribution is 5.80. The molecule has 4 rings (SSSR count). The van der Waals surface area contributed by atoms with E-state index >= 15 is 0 Å². The second kappa shape index (κ2) is 10.4. The van der Waals surface area contributed by atoms with Gasteiger partial charge in [0, 0.05) is 50.2 Å². The van der Waals surface area contributed by atoms with E-state index in [1.807, 2.05) is 25.1 Å². The smallest absolute Gasteiger partial charge is 0.336 e. The lowest BCUT2D eigenvalue weighted by Gasteiger charge is -2.36. The van der Waals surface area contributed by atoms with Gasteiger partial charge in [-0.1, -0.05) is 12.1 Å². The van der Waals surface area contributed by atoms with Crippen LogP contribution in [-0.4, -0.2) is 57.9 Å². The third-order valence-electron chi connectivity index (χ3n) is 5.66. The van der Waals surface area contributed by atoms with Crippen LogP contribution in [0.15, 0.2) is 57.7 Å². The molecule has 1 fully saturated rings. The molecule has 0 N–H and O–H groups in total. The van der Waals surface area contributed by atoms with Gasteiger partial charge in [0.2, 0.25) is 0 Å². The number of piperazine rings is 1. The third kappa shape index (κ3) is 5.16. The summed E-state index contributed by atoms with van der Waals surface area (Å²) >= 11 is 0. The lowest BCUT2D eigenvalue weighted by molar-refractivity contribution is 0.219. The zero-order valence-corrected chi connectivity index (χ0v) is 18.7. The summed E-state index contributed by atoms with van der Waals surface area (Å²) in [4.78, 5) is 16.3. The summed E-state index contributed by atoms with van der Waals surface area (Å²) in [5.74, 6) is 2.20. The zero-order chi connectivity index (χ0) is 22.3. The second-order valence-corrected chi connectivity index (χ2v) is 7.73. The van der Waals surface area contributed by atoms with E-state index in [1.54, 1.807) is 19.2 Å². The van der Waals surface area contributed by atoms with Crippen molar-refractivity contribution >= 4 is 16.7 Å². The predicted molar refractivity (Wildman–Crippen MR) is 125 cm³/mol. The SMILES string of the molecule is CCOc1cc2oc(=O)ccc2cc1OCCCN1CCN(c2ccccc2OC)CC1. The van der Waals surface area contributed by atoms with Crippen molar-refractivity contribution in [3.05, 3.63) is 59.0 Å². The maximum Gasteiger partial charge on any atom is 0.336 e. The van der Waals surface area contributed by atoms with Crippen LogP contribution in [0.5, 0.6) is 17.2 Å². The van der Waals surface area contributed by atoms with Crippen LogP contribution < -0.4 is 24.7 Å². The van der Waals surface area contributed by atoms with Crippen molar-refractivity contribution in [2.24, 2.45) is 0 Å². The number of rotatable bonds is 9. The molecule has 170 valence electrons. The minimum atomic E-state index is -0.376. The Morgan fingerprint density at radius 2 is 1.72 bits per heavy atom. The number of nitrogens with zero attached hydrogens (tertiary/aromatic N) is 2. The van der Waals surface area contributed by atoms with Crippen LogP contribution in [0, 0.1) is 0 Å². The number of ether oxygens (including phenoxy) is 3. The van der Waals surface area contributed by atoms with Gasteiger partial charge in [-0.2, -0.15) is 0 Å². The highest BCUT2D eigenvalue weighted by atomic mass is 16.5. The molecule has 0 amide bonds. The summed E-state index contributed by atoms with van der Waals surface area (Å²) in [6.45, 7) is 7.97. The fourth-order valence-electron chi connectivity index (χ4n) is 4.03. The lowest BCUT2D eigenvalue weighted by atomic mass is 10.2. The number of methoxy groups -OCH3 is 1. The van der Waals surface area contributed by atoms with E-state index in [0.717, 1.165) is 56.0 Å². The molecule has 0 saturated carbocycles. The molecule has 0 spiro atoms. The average Bonchev–Trinajstić information content (AvgIpc) is 2.82. The van der Waals surface area contributed by atoms with Crippen molar-refractivity contribution in [1.82, 2.24) is 4.90 Å². The molecule has 32 heavy (non-hydrogen) atoms. The van der Waals surface area contributed by atoms with E-state index in [2.05, 4.69) is 21.9 Å². The van der Waals surface area contributed by atoms with E-state index in [0.29, 0.717) is 30.3 Å². The Hall–Kier alpha value is -3.19. The van der Waals surface area contributed by atoms with Gasteiger partial charge < -0.3 is 23.5 Å². The van der Waals surface area contributed by atoms with Gasteiger partial charge in [0.05, 0.1) is 26.0 Å². The Kier molecular flexibility index (Phi) is 7.17. The Bertz CT molecular complexity index is 1090. The van der Waals surface area contributed by atoms with Gasteiger partial charge in [-0.3, -0.25) is 4.90 Å². The first-order valence-electron chi connectivity index (χ1n) is 11.1. The lowest BCUT2D eigenvalue weighted by Crippen LogP contribution is -2.46. The summed E-state index contributed by atoms with van der Waals surface area (Å²) in [5.41, 5.74) is 1.29. The van der Waals surface area contributed by atoms with E-state index in [4.69, 9.17) is 18.6 Å². The molecule has 1 aliphatic heterocycles. The fourth-order valence-corrected chi connectivity index (χ4v) is 4.03. The molecule has 0 atom stereocenters. The molecule has 0 unspecified atom stereocenters. The van der Waals surface area contributed by atoms with Crippen LogP contribution in [0.4, 0.5) is 5.69 Å². The second-order valence-electron chi connectivity index (χ2n) is 7.73. The number of fused-ring (bicyclic) bond motifs is 1. The van der Waals surface area contributed by atoms with Crippen molar-refractivity contribution in [1.29, 1.82) is 0 Å². The quantitative estimate of drug-likeness (QED) is 0.372. The molecule has 1 aromatic heterocycles.